The number of anilines is 1. The maximum Gasteiger partial charge on any atom is 0.408 e. The quantitative estimate of drug-likeness (QED) is 0.517. The molecule has 0 spiro atoms. The minimum Gasteiger partial charge on any atom is -0.353 e. The van der Waals surface area contributed by atoms with Crippen molar-refractivity contribution in [3.05, 3.63) is 47.7 Å². The fourth-order valence-electron chi connectivity index (χ4n) is 3.33. The largest absolute Gasteiger partial charge is 0.408 e. The molecule has 0 amide bonds. The van der Waals surface area contributed by atoms with E-state index in [0.29, 0.717) is 21.5 Å². The number of halogens is 3. The molecule has 0 radical (unpaired) electrons. The number of imidazole rings is 1. The van der Waals surface area contributed by atoms with E-state index in [4.69, 9.17) is 0 Å². The maximum absolute atomic E-state index is 12.7. The van der Waals surface area contributed by atoms with Crippen LogP contribution in [0, 0.1) is 13.8 Å². The molecule has 1 N–H and O–H groups in total. The Hall–Kier alpha value is -2.95. The van der Waals surface area contributed by atoms with Crippen molar-refractivity contribution >= 4 is 21.4 Å². The van der Waals surface area contributed by atoms with E-state index in [1.54, 1.807) is 30.8 Å². The van der Waals surface area contributed by atoms with Crippen LogP contribution in [-0.2, 0) is 6.54 Å². The van der Waals surface area contributed by atoms with E-state index in [1.165, 1.54) is 11.3 Å². The third kappa shape index (κ3) is 3.95. The summed E-state index contributed by atoms with van der Waals surface area (Å²) in [5.41, 5.74) is 3.46. The Balaban J connectivity index is 1.55. The Morgan fingerprint density at radius 1 is 1.24 bits per heavy atom. The van der Waals surface area contributed by atoms with Crippen LogP contribution in [0.25, 0.3) is 16.2 Å². The monoisotopic (exact) mass is 421 g/mol. The first-order chi connectivity index (χ1) is 13.7. The zero-order valence-corrected chi connectivity index (χ0v) is 16.7. The topological polar surface area (TPSA) is 72.9 Å². The molecule has 4 heterocycles. The third-order valence-electron chi connectivity index (χ3n) is 4.54. The molecule has 4 rings (SSSR count). The van der Waals surface area contributed by atoms with Crippen molar-refractivity contribution < 1.29 is 13.2 Å². The first kappa shape index (κ1) is 19.4. The van der Waals surface area contributed by atoms with Gasteiger partial charge in [-0.2, -0.15) is 18.3 Å². The maximum atomic E-state index is 12.7. The van der Waals surface area contributed by atoms with Crippen LogP contribution in [0.4, 0.5) is 18.3 Å². The fourth-order valence-corrected chi connectivity index (χ4v) is 4.20. The Morgan fingerprint density at radius 3 is 2.69 bits per heavy atom. The second-order valence-electron chi connectivity index (χ2n) is 6.73. The standard InChI is InChI=1S/C18H18F3N7S/c1-10(15-11(2)25-28(12(15)3)9-18(19,20)21)23-16-26-27-8-14(24-17(27)29-16)13-5-4-6-22-7-13/h4-8,10H,9H2,1-3H3,(H,23,26). The zero-order valence-electron chi connectivity index (χ0n) is 15.9. The first-order valence-electron chi connectivity index (χ1n) is 8.85. The van der Waals surface area contributed by atoms with Gasteiger partial charge in [-0.25, -0.2) is 9.50 Å². The van der Waals surface area contributed by atoms with Crippen LogP contribution in [0.15, 0.2) is 30.7 Å². The minimum absolute atomic E-state index is 0.259. The molecule has 0 aliphatic heterocycles. The molecule has 0 aromatic carbocycles. The molecule has 29 heavy (non-hydrogen) atoms. The highest BCUT2D eigenvalue weighted by atomic mass is 32.1. The van der Waals surface area contributed by atoms with E-state index in [2.05, 4.69) is 25.5 Å². The lowest BCUT2D eigenvalue weighted by molar-refractivity contribution is -0.142. The predicted octanol–water partition coefficient (Wildman–Crippen LogP) is 4.40. The van der Waals surface area contributed by atoms with Crippen molar-refractivity contribution in [3.63, 3.8) is 0 Å². The molecule has 4 aromatic heterocycles. The summed E-state index contributed by atoms with van der Waals surface area (Å²) in [7, 11) is 0. The fraction of sp³-hybridized carbons (Fsp3) is 0.333. The molecule has 0 saturated carbocycles. The highest BCUT2D eigenvalue weighted by Gasteiger charge is 2.30. The molecule has 11 heteroatoms. The number of hydrogen-bond acceptors (Lipinski definition) is 6. The van der Waals surface area contributed by atoms with Crippen LogP contribution in [0.3, 0.4) is 0 Å². The van der Waals surface area contributed by atoms with Gasteiger partial charge in [-0.15, -0.1) is 5.10 Å². The van der Waals surface area contributed by atoms with Crippen molar-refractivity contribution in [1.82, 2.24) is 29.4 Å². The number of fused-ring (bicyclic) bond motifs is 1. The summed E-state index contributed by atoms with van der Waals surface area (Å²) in [4.78, 5) is 9.36. The van der Waals surface area contributed by atoms with Crippen molar-refractivity contribution in [3.8, 4) is 11.3 Å². The van der Waals surface area contributed by atoms with E-state index >= 15 is 0 Å². The van der Waals surface area contributed by atoms with Gasteiger partial charge >= 0.3 is 6.18 Å². The van der Waals surface area contributed by atoms with Crippen LogP contribution < -0.4 is 5.32 Å². The van der Waals surface area contributed by atoms with E-state index in [1.807, 2.05) is 25.3 Å². The second-order valence-corrected chi connectivity index (χ2v) is 7.68. The molecule has 0 fully saturated rings. The highest BCUT2D eigenvalue weighted by Crippen LogP contribution is 2.30. The summed E-state index contributed by atoms with van der Waals surface area (Å²) < 4.78 is 40.9. The number of nitrogens with one attached hydrogen (secondary N) is 1. The Morgan fingerprint density at radius 2 is 2.03 bits per heavy atom. The van der Waals surface area contributed by atoms with Crippen LogP contribution >= 0.6 is 11.3 Å². The molecule has 0 aliphatic rings. The lowest BCUT2D eigenvalue weighted by atomic mass is 10.1. The van der Waals surface area contributed by atoms with Gasteiger partial charge in [0.05, 0.1) is 23.6 Å². The van der Waals surface area contributed by atoms with Gasteiger partial charge in [0.2, 0.25) is 10.1 Å². The molecule has 152 valence electrons. The molecule has 0 bridgehead atoms. The molecule has 7 nitrogen and oxygen atoms in total. The average molecular weight is 421 g/mol. The van der Waals surface area contributed by atoms with Crippen molar-refractivity contribution in [2.24, 2.45) is 0 Å². The van der Waals surface area contributed by atoms with Gasteiger partial charge < -0.3 is 5.32 Å². The van der Waals surface area contributed by atoms with Gasteiger partial charge in [0.15, 0.2) is 0 Å². The number of pyridine rings is 1. The van der Waals surface area contributed by atoms with Crippen LogP contribution in [-0.4, -0.2) is 35.5 Å². The first-order valence-corrected chi connectivity index (χ1v) is 9.67. The van der Waals surface area contributed by atoms with E-state index in [-0.39, 0.29) is 6.04 Å². The zero-order chi connectivity index (χ0) is 20.8. The summed E-state index contributed by atoms with van der Waals surface area (Å²) in [6, 6.07) is 3.50. The van der Waals surface area contributed by atoms with Gasteiger partial charge in [-0.1, -0.05) is 11.3 Å². The SMILES string of the molecule is Cc1nn(CC(F)(F)F)c(C)c1C(C)Nc1nn2cc(-c3cccnc3)nc2s1. The number of alkyl halides is 3. The van der Waals surface area contributed by atoms with Gasteiger partial charge in [0, 0.05) is 29.2 Å². The van der Waals surface area contributed by atoms with E-state index in [9.17, 15) is 13.2 Å². The van der Waals surface area contributed by atoms with Gasteiger partial charge in [-0.05, 0) is 32.9 Å². The summed E-state index contributed by atoms with van der Waals surface area (Å²) in [5, 5.41) is 12.4. The molecule has 1 atom stereocenters. The van der Waals surface area contributed by atoms with Crippen LogP contribution in [0.1, 0.15) is 29.9 Å². The number of aryl methyl sites for hydroxylation is 1. The lowest BCUT2D eigenvalue weighted by Gasteiger charge is -2.14. The second kappa shape index (κ2) is 7.14. The van der Waals surface area contributed by atoms with Gasteiger partial charge in [0.25, 0.3) is 0 Å². The van der Waals surface area contributed by atoms with E-state index in [0.717, 1.165) is 21.5 Å². The molecule has 4 aromatic rings. The number of aromatic nitrogens is 6. The molecule has 0 saturated heterocycles. The summed E-state index contributed by atoms with van der Waals surface area (Å²) in [6.45, 7) is 4.13. The summed E-state index contributed by atoms with van der Waals surface area (Å²) in [5.74, 6) is 0. The summed E-state index contributed by atoms with van der Waals surface area (Å²) >= 11 is 1.37. The normalized spacial score (nSPS) is 13.2. The number of rotatable bonds is 5. The van der Waals surface area contributed by atoms with Gasteiger partial charge in [0.1, 0.15) is 6.54 Å². The average Bonchev–Trinajstić information content (AvgIpc) is 3.26. The third-order valence-corrected chi connectivity index (χ3v) is 5.39. The Bertz CT molecular complexity index is 1110. The Labute approximate surface area is 168 Å². The molecular weight excluding hydrogens is 403 g/mol. The van der Waals surface area contributed by atoms with Crippen LogP contribution in [0.2, 0.25) is 0 Å². The van der Waals surface area contributed by atoms with Gasteiger partial charge in [-0.3, -0.25) is 9.67 Å². The smallest absolute Gasteiger partial charge is 0.353 e. The highest BCUT2D eigenvalue weighted by molar-refractivity contribution is 7.20. The molecular formula is C18H18F3N7S. The van der Waals surface area contributed by atoms with Crippen molar-refractivity contribution in [2.75, 3.05) is 5.32 Å². The minimum atomic E-state index is -4.32. The lowest BCUT2D eigenvalue weighted by Crippen LogP contribution is -2.20. The molecule has 1 unspecified atom stereocenters. The number of nitrogens with zero attached hydrogens (tertiary/aromatic N) is 6. The van der Waals surface area contributed by atoms with E-state index < -0.39 is 12.7 Å². The van der Waals surface area contributed by atoms with Crippen molar-refractivity contribution in [1.29, 1.82) is 0 Å². The predicted molar refractivity (Wildman–Crippen MR) is 104 cm³/mol. The summed E-state index contributed by atoms with van der Waals surface area (Å²) in [6.07, 6.45) is 0.933. The van der Waals surface area contributed by atoms with Crippen molar-refractivity contribution in [2.45, 2.75) is 39.5 Å². The van der Waals surface area contributed by atoms with Crippen LogP contribution in [0.5, 0.6) is 0 Å². The Kier molecular flexibility index (Phi) is 4.77. The molecule has 0 aliphatic carbocycles. The number of hydrogen-bond donors (Lipinski definition) is 1.